The lowest BCUT2D eigenvalue weighted by atomic mass is 9.97. The van der Waals surface area contributed by atoms with Gasteiger partial charge in [0.05, 0.1) is 22.9 Å². The zero-order valence-corrected chi connectivity index (χ0v) is 11.0. The molecule has 0 aromatic heterocycles. The first-order valence-corrected chi connectivity index (χ1v) is 5.94. The summed E-state index contributed by atoms with van der Waals surface area (Å²) in [4.78, 5) is 11.2. The van der Waals surface area contributed by atoms with Gasteiger partial charge in [0.25, 0.3) is 0 Å². The van der Waals surface area contributed by atoms with E-state index in [0.717, 1.165) is 12.1 Å². The molecule has 18 heavy (non-hydrogen) atoms. The number of hydrogen-bond acceptors (Lipinski definition) is 2. The van der Waals surface area contributed by atoms with Crippen LogP contribution in [0.3, 0.4) is 0 Å². The van der Waals surface area contributed by atoms with Crippen molar-refractivity contribution >= 4 is 21.7 Å². The average Bonchev–Trinajstić information content (AvgIpc) is 2.27. The summed E-state index contributed by atoms with van der Waals surface area (Å²) in [6.45, 7) is 1.53. The Hall–Kier alpha value is -1.35. The molecule has 1 aromatic rings. The summed E-state index contributed by atoms with van der Waals surface area (Å²) in [5.74, 6) is -0.466. The van der Waals surface area contributed by atoms with Gasteiger partial charge in [-0.3, -0.25) is 4.79 Å². The molecule has 96 valence electrons. The number of halogens is 4. The van der Waals surface area contributed by atoms with Gasteiger partial charge in [-0.25, -0.2) is 0 Å². The fourth-order valence-electron chi connectivity index (χ4n) is 1.44. The van der Waals surface area contributed by atoms with Crippen LogP contribution in [0.15, 0.2) is 18.2 Å². The summed E-state index contributed by atoms with van der Waals surface area (Å²) < 4.78 is 37.7. The second-order valence-corrected chi connectivity index (χ2v) is 5.06. The largest absolute Gasteiger partial charge is 0.416 e. The number of alkyl halides is 4. The molecule has 0 spiro atoms. The van der Waals surface area contributed by atoms with Gasteiger partial charge in [-0.2, -0.15) is 18.4 Å². The van der Waals surface area contributed by atoms with Crippen LogP contribution in [-0.2, 0) is 12.6 Å². The molecule has 0 aliphatic rings. The molecule has 0 N–H and O–H groups in total. The quantitative estimate of drug-likeness (QED) is 0.629. The third-order valence-corrected chi connectivity index (χ3v) is 2.75. The lowest BCUT2D eigenvalue weighted by Gasteiger charge is -2.12. The third-order valence-electron chi connectivity index (χ3n) is 2.33. The number of carbonyl (C=O) groups is 1. The highest BCUT2D eigenvalue weighted by atomic mass is 79.9. The lowest BCUT2D eigenvalue weighted by Crippen LogP contribution is -2.15. The summed E-state index contributed by atoms with van der Waals surface area (Å²) in [6.07, 6.45) is -4.60. The summed E-state index contributed by atoms with van der Waals surface area (Å²) in [6, 6.07) is 4.68. The van der Waals surface area contributed by atoms with Crippen LogP contribution >= 0.6 is 15.9 Å². The van der Waals surface area contributed by atoms with Gasteiger partial charge < -0.3 is 0 Å². The monoisotopic (exact) mass is 319 g/mol. The van der Waals surface area contributed by atoms with Crippen LogP contribution in [-0.4, -0.2) is 10.6 Å². The number of nitriles is 1. The molecule has 6 heteroatoms. The molecule has 0 amide bonds. The van der Waals surface area contributed by atoms with Crippen LogP contribution in [0.2, 0.25) is 0 Å². The highest BCUT2D eigenvalue weighted by molar-refractivity contribution is 9.10. The molecule has 1 atom stereocenters. The lowest BCUT2D eigenvalue weighted by molar-refractivity contribution is -0.137. The summed E-state index contributed by atoms with van der Waals surface area (Å²) in [7, 11) is 0. The predicted octanol–water partition coefficient (Wildman–Crippen LogP) is 3.74. The van der Waals surface area contributed by atoms with Gasteiger partial charge in [0.15, 0.2) is 5.78 Å². The van der Waals surface area contributed by atoms with Gasteiger partial charge in [-0.1, -0.05) is 22.0 Å². The van der Waals surface area contributed by atoms with E-state index in [1.165, 1.54) is 13.0 Å². The van der Waals surface area contributed by atoms with Crippen molar-refractivity contribution in [1.82, 2.24) is 0 Å². The Morgan fingerprint density at radius 3 is 2.56 bits per heavy atom. The second kappa shape index (κ2) is 5.53. The Morgan fingerprint density at radius 2 is 2.11 bits per heavy atom. The van der Waals surface area contributed by atoms with Crippen LogP contribution in [0.5, 0.6) is 0 Å². The Morgan fingerprint density at radius 1 is 1.50 bits per heavy atom. The van der Waals surface area contributed by atoms with Crippen LogP contribution in [0.1, 0.15) is 28.4 Å². The number of benzene rings is 1. The van der Waals surface area contributed by atoms with Gasteiger partial charge in [0.1, 0.15) is 0 Å². The van der Waals surface area contributed by atoms with E-state index >= 15 is 0 Å². The van der Waals surface area contributed by atoms with E-state index in [2.05, 4.69) is 15.9 Å². The van der Waals surface area contributed by atoms with Gasteiger partial charge >= 0.3 is 6.18 Å². The van der Waals surface area contributed by atoms with E-state index in [1.807, 2.05) is 6.07 Å². The number of rotatable bonds is 3. The van der Waals surface area contributed by atoms with Crippen molar-refractivity contribution in [3.8, 4) is 6.07 Å². The molecule has 0 saturated heterocycles. The molecular formula is C12H9BrF3NO. The Kier molecular flexibility index (Phi) is 4.52. The predicted molar refractivity (Wildman–Crippen MR) is 63.5 cm³/mol. The van der Waals surface area contributed by atoms with E-state index in [0.29, 0.717) is 5.56 Å². The highest BCUT2D eigenvalue weighted by Gasteiger charge is 2.32. The summed E-state index contributed by atoms with van der Waals surface area (Å²) in [5, 5.41) is 8.60. The van der Waals surface area contributed by atoms with Crippen molar-refractivity contribution in [2.45, 2.75) is 24.3 Å². The standard InChI is InChI=1S/C12H9BrF3NO/c1-7(13)11(18)10-6-9(12(14,15)16)3-2-8(10)4-5-17/h2-3,6-7H,4H2,1H3. The first-order chi connectivity index (χ1) is 8.27. The Balaban J connectivity index is 3.34. The van der Waals surface area contributed by atoms with Crippen LogP contribution in [0.25, 0.3) is 0 Å². The van der Waals surface area contributed by atoms with E-state index < -0.39 is 22.4 Å². The normalized spacial score (nSPS) is 12.9. The van der Waals surface area contributed by atoms with Crippen LogP contribution in [0.4, 0.5) is 13.2 Å². The van der Waals surface area contributed by atoms with Crippen molar-refractivity contribution in [2.75, 3.05) is 0 Å². The zero-order valence-electron chi connectivity index (χ0n) is 9.38. The Bertz CT molecular complexity index is 503. The minimum atomic E-state index is -4.50. The van der Waals surface area contributed by atoms with E-state index in [-0.39, 0.29) is 12.0 Å². The smallest absolute Gasteiger partial charge is 0.293 e. The molecule has 0 heterocycles. The summed E-state index contributed by atoms with van der Waals surface area (Å²) in [5.41, 5.74) is -0.641. The van der Waals surface area contributed by atoms with Gasteiger partial charge in [-0.15, -0.1) is 0 Å². The molecule has 0 aliphatic carbocycles. The maximum atomic E-state index is 12.6. The SMILES string of the molecule is CC(Br)C(=O)c1cc(C(F)(F)F)ccc1CC#N. The maximum absolute atomic E-state index is 12.6. The molecule has 2 nitrogen and oxygen atoms in total. The molecule has 1 rings (SSSR count). The topological polar surface area (TPSA) is 40.9 Å². The molecule has 1 aromatic carbocycles. The number of nitrogens with zero attached hydrogens (tertiary/aromatic N) is 1. The molecule has 0 radical (unpaired) electrons. The zero-order chi connectivity index (χ0) is 13.9. The van der Waals surface area contributed by atoms with Crippen molar-refractivity contribution in [1.29, 1.82) is 5.26 Å². The first-order valence-electron chi connectivity index (χ1n) is 5.02. The minimum Gasteiger partial charge on any atom is -0.293 e. The number of carbonyl (C=O) groups excluding carboxylic acids is 1. The molecule has 0 fully saturated rings. The van der Waals surface area contributed by atoms with Crippen LogP contribution in [0, 0.1) is 11.3 Å². The van der Waals surface area contributed by atoms with E-state index in [9.17, 15) is 18.0 Å². The average molecular weight is 320 g/mol. The maximum Gasteiger partial charge on any atom is 0.416 e. The molecule has 0 saturated carbocycles. The van der Waals surface area contributed by atoms with E-state index in [1.54, 1.807) is 0 Å². The fraction of sp³-hybridized carbons (Fsp3) is 0.333. The number of hydrogen-bond donors (Lipinski definition) is 0. The summed E-state index contributed by atoms with van der Waals surface area (Å²) >= 11 is 3.02. The number of ketones is 1. The van der Waals surface area contributed by atoms with Crippen LogP contribution < -0.4 is 0 Å². The first kappa shape index (κ1) is 14.7. The molecule has 0 bridgehead atoms. The highest BCUT2D eigenvalue weighted by Crippen LogP contribution is 2.31. The van der Waals surface area contributed by atoms with Gasteiger partial charge in [-0.05, 0) is 24.6 Å². The molecule has 1 unspecified atom stereocenters. The van der Waals surface area contributed by atoms with Crippen molar-refractivity contribution in [2.24, 2.45) is 0 Å². The second-order valence-electron chi connectivity index (χ2n) is 3.68. The third kappa shape index (κ3) is 3.33. The molecular weight excluding hydrogens is 311 g/mol. The van der Waals surface area contributed by atoms with Gasteiger partial charge in [0, 0.05) is 5.56 Å². The van der Waals surface area contributed by atoms with Crippen molar-refractivity contribution in [3.05, 3.63) is 34.9 Å². The van der Waals surface area contributed by atoms with Crippen molar-refractivity contribution < 1.29 is 18.0 Å². The van der Waals surface area contributed by atoms with Gasteiger partial charge in [0.2, 0.25) is 0 Å². The fourth-order valence-corrected chi connectivity index (χ4v) is 1.68. The van der Waals surface area contributed by atoms with E-state index in [4.69, 9.17) is 5.26 Å². The van der Waals surface area contributed by atoms with Crippen molar-refractivity contribution in [3.63, 3.8) is 0 Å². The minimum absolute atomic E-state index is 0.0595. The number of Topliss-reactive ketones (excluding diaryl/α,β-unsaturated/α-hetero) is 1. The Labute approximate surface area is 111 Å². The molecule has 0 aliphatic heterocycles.